The molecule has 0 fully saturated rings. The number of carbonyl (C=O) groups is 2. The molecule has 0 aliphatic carbocycles. The van der Waals surface area contributed by atoms with E-state index in [1.54, 1.807) is 30.3 Å². The minimum Gasteiger partial charge on any atom is -0.496 e. The molecule has 0 heterocycles. The molecule has 1 amide bonds. The Bertz CT molecular complexity index is 780. The van der Waals surface area contributed by atoms with E-state index in [1.165, 1.54) is 18.9 Å². The zero-order valence-electron chi connectivity index (χ0n) is 14.7. The van der Waals surface area contributed by atoms with Crippen LogP contribution in [0.5, 0.6) is 5.75 Å². The molecular formula is C19H20ClNO4S. The van der Waals surface area contributed by atoms with Crippen LogP contribution in [0.1, 0.15) is 28.9 Å². The molecule has 0 saturated heterocycles. The van der Waals surface area contributed by atoms with Crippen LogP contribution in [0.4, 0.5) is 0 Å². The minimum absolute atomic E-state index is 0.228. The largest absolute Gasteiger partial charge is 0.496 e. The highest BCUT2D eigenvalue weighted by atomic mass is 35.5. The molecule has 1 N–H and O–H groups in total. The molecular weight excluding hydrogens is 374 g/mol. The smallest absolute Gasteiger partial charge is 0.342 e. The number of thioether (sulfide) groups is 1. The van der Waals surface area contributed by atoms with Gasteiger partial charge in [-0.05, 0) is 49.1 Å². The Kier molecular flexibility index (Phi) is 7.36. The minimum atomic E-state index is -0.608. The third kappa shape index (κ3) is 5.41. The van der Waals surface area contributed by atoms with E-state index < -0.39 is 5.97 Å². The summed E-state index contributed by atoms with van der Waals surface area (Å²) in [5, 5.41) is 3.40. The number of halogens is 1. The zero-order chi connectivity index (χ0) is 19.1. The maximum Gasteiger partial charge on any atom is 0.342 e. The van der Waals surface area contributed by atoms with Crippen molar-refractivity contribution in [2.45, 2.75) is 17.9 Å². The lowest BCUT2D eigenvalue weighted by Crippen LogP contribution is -2.31. The number of hydrogen-bond acceptors (Lipinski definition) is 5. The molecule has 7 heteroatoms. The van der Waals surface area contributed by atoms with E-state index in [4.69, 9.17) is 21.1 Å². The zero-order valence-corrected chi connectivity index (χ0v) is 16.3. The first-order valence-corrected chi connectivity index (χ1v) is 9.49. The van der Waals surface area contributed by atoms with Crippen LogP contribution in [0, 0.1) is 0 Å². The molecule has 0 aromatic heterocycles. The highest BCUT2D eigenvalue weighted by molar-refractivity contribution is 7.98. The van der Waals surface area contributed by atoms with Gasteiger partial charge in [-0.2, -0.15) is 0 Å². The fourth-order valence-corrected chi connectivity index (χ4v) is 2.85. The van der Waals surface area contributed by atoms with Gasteiger partial charge in [-0.1, -0.05) is 23.7 Å². The molecule has 138 valence electrons. The highest BCUT2D eigenvalue weighted by Crippen LogP contribution is 2.26. The molecule has 2 aromatic carbocycles. The fourth-order valence-electron chi connectivity index (χ4n) is 2.29. The first-order chi connectivity index (χ1) is 12.4. The van der Waals surface area contributed by atoms with Crippen LogP contribution in [-0.2, 0) is 9.53 Å². The third-order valence-electron chi connectivity index (χ3n) is 3.71. The molecule has 26 heavy (non-hydrogen) atoms. The van der Waals surface area contributed by atoms with Crippen LogP contribution in [-0.4, -0.2) is 31.8 Å². The van der Waals surface area contributed by atoms with Gasteiger partial charge in [-0.15, -0.1) is 11.8 Å². The number of esters is 1. The van der Waals surface area contributed by atoms with E-state index in [1.807, 2.05) is 25.3 Å². The Morgan fingerprint density at radius 2 is 1.88 bits per heavy atom. The molecule has 5 nitrogen and oxygen atoms in total. The van der Waals surface area contributed by atoms with Crippen molar-refractivity contribution in [1.82, 2.24) is 5.32 Å². The Hall–Kier alpha value is -2.18. The van der Waals surface area contributed by atoms with Crippen molar-refractivity contribution in [2.75, 3.05) is 20.0 Å². The predicted octanol–water partition coefficient (Wildman–Crippen LogP) is 4.10. The van der Waals surface area contributed by atoms with Crippen LogP contribution in [0.15, 0.2) is 47.4 Å². The summed E-state index contributed by atoms with van der Waals surface area (Å²) in [5.41, 5.74) is 1.19. The first-order valence-electron chi connectivity index (χ1n) is 7.88. The average Bonchev–Trinajstić information content (AvgIpc) is 2.65. The lowest BCUT2D eigenvalue weighted by atomic mass is 10.1. The van der Waals surface area contributed by atoms with Gasteiger partial charge in [0.15, 0.2) is 6.61 Å². The van der Waals surface area contributed by atoms with Gasteiger partial charge in [-0.25, -0.2) is 4.79 Å². The van der Waals surface area contributed by atoms with Gasteiger partial charge >= 0.3 is 5.97 Å². The van der Waals surface area contributed by atoms with Crippen molar-refractivity contribution < 1.29 is 19.1 Å². The SMILES string of the molecule is COc1cc(SC)ccc1C(=O)OCC(=O)N[C@H](C)c1ccc(Cl)cc1. The van der Waals surface area contributed by atoms with Gasteiger partial charge in [-0.3, -0.25) is 4.79 Å². The molecule has 2 rings (SSSR count). The molecule has 1 atom stereocenters. The van der Waals surface area contributed by atoms with Gasteiger partial charge in [0.1, 0.15) is 11.3 Å². The third-order valence-corrected chi connectivity index (χ3v) is 4.69. The average molecular weight is 394 g/mol. The number of methoxy groups -OCH3 is 1. The maximum atomic E-state index is 12.2. The van der Waals surface area contributed by atoms with Gasteiger partial charge < -0.3 is 14.8 Å². The van der Waals surface area contributed by atoms with Gasteiger partial charge in [0.2, 0.25) is 0 Å². The van der Waals surface area contributed by atoms with Crippen molar-refractivity contribution >= 4 is 35.2 Å². The number of hydrogen-bond donors (Lipinski definition) is 1. The Morgan fingerprint density at radius 3 is 2.50 bits per heavy atom. The lowest BCUT2D eigenvalue weighted by Gasteiger charge is -2.15. The standard InChI is InChI=1S/C19H20ClNO4S/c1-12(13-4-6-14(20)7-5-13)21-18(22)11-25-19(23)16-9-8-15(26-3)10-17(16)24-2/h4-10,12H,11H2,1-3H3,(H,21,22)/t12-/m1/s1. The number of ether oxygens (including phenoxy) is 2. The number of carbonyl (C=O) groups excluding carboxylic acids is 2. The van der Waals surface area contributed by atoms with Crippen molar-refractivity contribution in [3.05, 3.63) is 58.6 Å². The summed E-state index contributed by atoms with van der Waals surface area (Å²) in [4.78, 5) is 25.2. The van der Waals surface area contributed by atoms with Crippen LogP contribution in [0.3, 0.4) is 0 Å². The van der Waals surface area contributed by atoms with Gasteiger partial charge in [0, 0.05) is 9.92 Å². The summed E-state index contributed by atoms with van der Waals surface area (Å²) < 4.78 is 10.3. The number of amides is 1. The Balaban J connectivity index is 1.92. The highest BCUT2D eigenvalue weighted by Gasteiger charge is 2.17. The molecule has 0 unspecified atom stereocenters. The summed E-state index contributed by atoms with van der Waals surface area (Å²) >= 11 is 7.39. The Labute approximate surface area is 162 Å². The molecule has 0 bridgehead atoms. The predicted molar refractivity (Wildman–Crippen MR) is 103 cm³/mol. The van der Waals surface area contributed by atoms with Gasteiger partial charge in [0.25, 0.3) is 5.91 Å². The molecule has 0 aliphatic rings. The second kappa shape index (κ2) is 9.50. The van der Waals surface area contributed by atoms with Crippen LogP contribution < -0.4 is 10.1 Å². The summed E-state index contributed by atoms with van der Waals surface area (Å²) in [6.07, 6.45) is 1.93. The van der Waals surface area contributed by atoms with Crippen LogP contribution in [0.2, 0.25) is 5.02 Å². The van der Waals surface area contributed by atoms with E-state index in [0.717, 1.165) is 10.5 Å². The number of nitrogens with one attached hydrogen (secondary N) is 1. The maximum absolute atomic E-state index is 12.2. The van der Waals surface area contributed by atoms with E-state index >= 15 is 0 Å². The van der Waals surface area contributed by atoms with E-state index in [2.05, 4.69) is 5.32 Å². The monoisotopic (exact) mass is 393 g/mol. The molecule has 0 aliphatic heterocycles. The van der Waals surface area contributed by atoms with E-state index in [9.17, 15) is 9.59 Å². The molecule has 0 radical (unpaired) electrons. The first kappa shape index (κ1) is 20.1. The summed E-state index contributed by atoms with van der Waals surface area (Å²) in [6, 6.07) is 12.1. The molecule has 0 spiro atoms. The van der Waals surface area contributed by atoms with Crippen molar-refractivity contribution in [3.8, 4) is 5.75 Å². The van der Waals surface area contributed by atoms with Crippen molar-refractivity contribution in [2.24, 2.45) is 0 Å². The molecule has 0 saturated carbocycles. The van der Waals surface area contributed by atoms with Crippen LogP contribution in [0.25, 0.3) is 0 Å². The van der Waals surface area contributed by atoms with Crippen LogP contribution >= 0.6 is 23.4 Å². The second-order valence-corrected chi connectivity index (χ2v) is 6.80. The van der Waals surface area contributed by atoms with E-state index in [0.29, 0.717) is 10.8 Å². The lowest BCUT2D eigenvalue weighted by molar-refractivity contribution is -0.124. The van der Waals surface area contributed by atoms with Crippen molar-refractivity contribution in [1.29, 1.82) is 0 Å². The van der Waals surface area contributed by atoms with E-state index in [-0.39, 0.29) is 24.1 Å². The quantitative estimate of drug-likeness (QED) is 0.566. The number of rotatable bonds is 7. The second-order valence-electron chi connectivity index (χ2n) is 5.48. The number of benzene rings is 2. The summed E-state index contributed by atoms with van der Waals surface area (Å²) in [7, 11) is 1.48. The van der Waals surface area contributed by atoms with Crippen molar-refractivity contribution in [3.63, 3.8) is 0 Å². The Morgan fingerprint density at radius 1 is 1.19 bits per heavy atom. The summed E-state index contributed by atoms with van der Waals surface area (Å²) in [5.74, 6) is -0.582. The molecule has 2 aromatic rings. The summed E-state index contributed by atoms with van der Waals surface area (Å²) in [6.45, 7) is 1.47. The fraction of sp³-hybridized carbons (Fsp3) is 0.263. The normalized spacial score (nSPS) is 11.5. The van der Waals surface area contributed by atoms with Gasteiger partial charge in [0.05, 0.1) is 13.2 Å². The topological polar surface area (TPSA) is 64.6 Å².